The van der Waals surface area contributed by atoms with Crippen molar-refractivity contribution in [2.45, 2.75) is 6.42 Å². The first-order chi connectivity index (χ1) is 9.34. The van der Waals surface area contributed by atoms with E-state index in [1.165, 1.54) is 11.1 Å². The average Bonchev–Trinajstić information content (AvgIpc) is 3.02. The Balaban J connectivity index is 1.72. The van der Waals surface area contributed by atoms with E-state index in [4.69, 9.17) is 0 Å². The summed E-state index contributed by atoms with van der Waals surface area (Å²) in [5.74, 6) is -0.0614. The van der Waals surface area contributed by atoms with Crippen LogP contribution < -0.4 is 0 Å². The fourth-order valence-electron chi connectivity index (χ4n) is 2.16. The van der Waals surface area contributed by atoms with Gasteiger partial charge in [-0.3, -0.25) is 4.79 Å². The van der Waals surface area contributed by atoms with E-state index >= 15 is 0 Å². The molecular weight excluding hydrogens is 242 g/mol. The number of carbonyl (C=O) groups excluding carboxylic acids is 1. The second-order valence-corrected chi connectivity index (χ2v) is 4.33. The van der Waals surface area contributed by atoms with E-state index in [-0.39, 0.29) is 11.7 Å². The SMILES string of the molecule is O=C(c1nn[nH]n1)N1CC=C(c2ccccc2)CC1. The highest BCUT2D eigenvalue weighted by atomic mass is 16.2. The molecule has 2 heterocycles. The number of nitrogens with one attached hydrogen (secondary N) is 1. The van der Waals surface area contributed by atoms with Gasteiger partial charge in [-0.2, -0.15) is 5.21 Å². The van der Waals surface area contributed by atoms with E-state index in [1.54, 1.807) is 4.90 Å². The van der Waals surface area contributed by atoms with Crippen molar-refractivity contribution < 1.29 is 4.79 Å². The van der Waals surface area contributed by atoms with Gasteiger partial charge in [0.2, 0.25) is 0 Å². The summed E-state index contributed by atoms with van der Waals surface area (Å²) in [5, 5.41) is 13.1. The van der Waals surface area contributed by atoms with Crippen LogP contribution in [-0.4, -0.2) is 44.5 Å². The lowest BCUT2D eigenvalue weighted by atomic mass is 9.99. The summed E-state index contributed by atoms with van der Waals surface area (Å²) in [5.41, 5.74) is 2.49. The quantitative estimate of drug-likeness (QED) is 0.872. The molecule has 6 nitrogen and oxygen atoms in total. The number of aromatic amines is 1. The summed E-state index contributed by atoms with van der Waals surface area (Å²) in [7, 11) is 0. The Kier molecular flexibility index (Phi) is 3.06. The Morgan fingerprint density at radius 2 is 2.11 bits per heavy atom. The minimum Gasteiger partial charge on any atom is -0.332 e. The fraction of sp³-hybridized carbons (Fsp3) is 0.231. The van der Waals surface area contributed by atoms with Crippen molar-refractivity contribution in [1.82, 2.24) is 25.5 Å². The molecule has 1 aliphatic rings. The first kappa shape index (κ1) is 11.6. The van der Waals surface area contributed by atoms with Crippen LogP contribution >= 0.6 is 0 Å². The van der Waals surface area contributed by atoms with Gasteiger partial charge in [0.15, 0.2) is 0 Å². The molecule has 3 rings (SSSR count). The van der Waals surface area contributed by atoms with Crippen LogP contribution in [0.3, 0.4) is 0 Å². The van der Waals surface area contributed by atoms with Gasteiger partial charge in [0, 0.05) is 13.1 Å². The van der Waals surface area contributed by atoms with E-state index < -0.39 is 0 Å². The van der Waals surface area contributed by atoms with E-state index in [2.05, 4.69) is 38.8 Å². The average molecular weight is 255 g/mol. The van der Waals surface area contributed by atoms with E-state index in [9.17, 15) is 4.79 Å². The lowest BCUT2D eigenvalue weighted by Crippen LogP contribution is -2.35. The van der Waals surface area contributed by atoms with Gasteiger partial charge in [-0.25, -0.2) is 0 Å². The molecule has 0 radical (unpaired) electrons. The zero-order chi connectivity index (χ0) is 13.1. The minimum absolute atomic E-state index is 0.122. The molecule has 1 amide bonds. The van der Waals surface area contributed by atoms with Crippen molar-refractivity contribution in [2.75, 3.05) is 13.1 Å². The van der Waals surface area contributed by atoms with Gasteiger partial charge in [-0.05, 0) is 22.8 Å². The summed E-state index contributed by atoms with van der Waals surface area (Å²) < 4.78 is 0. The van der Waals surface area contributed by atoms with Gasteiger partial charge in [-0.15, -0.1) is 10.2 Å². The number of tetrazole rings is 1. The maximum Gasteiger partial charge on any atom is 0.295 e. The minimum atomic E-state index is -0.183. The number of rotatable bonds is 2. The summed E-state index contributed by atoms with van der Waals surface area (Å²) in [4.78, 5) is 13.7. The maximum atomic E-state index is 12.0. The van der Waals surface area contributed by atoms with Crippen molar-refractivity contribution in [1.29, 1.82) is 0 Å². The van der Waals surface area contributed by atoms with Crippen LogP contribution in [0, 0.1) is 0 Å². The van der Waals surface area contributed by atoms with Crippen LogP contribution in [0.5, 0.6) is 0 Å². The molecule has 2 aromatic rings. The van der Waals surface area contributed by atoms with Crippen LogP contribution in [0.15, 0.2) is 36.4 Å². The van der Waals surface area contributed by atoms with Crippen molar-refractivity contribution >= 4 is 11.5 Å². The van der Waals surface area contributed by atoms with Gasteiger partial charge in [-0.1, -0.05) is 36.4 Å². The van der Waals surface area contributed by atoms with Crippen molar-refractivity contribution in [3.8, 4) is 0 Å². The van der Waals surface area contributed by atoms with Crippen molar-refractivity contribution in [2.24, 2.45) is 0 Å². The Morgan fingerprint density at radius 1 is 1.26 bits per heavy atom. The van der Waals surface area contributed by atoms with Gasteiger partial charge in [0.25, 0.3) is 11.7 Å². The van der Waals surface area contributed by atoms with Gasteiger partial charge < -0.3 is 4.90 Å². The maximum absolute atomic E-state index is 12.0. The van der Waals surface area contributed by atoms with Crippen LogP contribution in [-0.2, 0) is 0 Å². The molecule has 96 valence electrons. The normalized spacial score (nSPS) is 15.2. The first-order valence-corrected chi connectivity index (χ1v) is 6.12. The number of hydrogen-bond donors (Lipinski definition) is 1. The van der Waals surface area contributed by atoms with Gasteiger partial charge in [0.1, 0.15) is 0 Å². The molecule has 0 saturated heterocycles. The van der Waals surface area contributed by atoms with Crippen LogP contribution in [0.25, 0.3) is 5.57 Å². The highest BCUT2D eigenvalue weighted by Crippen LogP contribution is 2.22. The number of H-pyrrole nitrogens is 1. The van der Waals surface area contributed by atoms with Crippen molar-refractivity contribution in [3.05, 3.63) is 47.8 Å². The Morgan fingerprint density at radius 3 is 2.74 bits per heavy atom. The van der Waals surface area contributed by atoms with Gasteiger partial charge in [0.05, 0.1) is 0 Å². The Labute approximate surface area is 110 Å². The number of hydrogen-bond acceptors (Lipinski definition) is 4. The monoisotopic (exact) mass is 255 g/mol. The molecular formula is C13H13N5O. The van der Waals surface area contributed by atoms with Gasteiger partial charge >= 0.3 is 0 Å². The number of amides is 1. The summed E-state index contributed by atoms with van der Waals surface area (Å²) >= 11 is 0. The molecule has 0 fully saturated rings. The highest BCUT2D eigenvalue weighted by Gasteiger charge is 2.22. The largest absolute Gasteiger partial charge is 0.332 e. The standard InChI is InChI=1S/C13H13N5O/c19-13(12-14-16-17-15-12)18-8-6-11(7-9-18)10-4-2-1-3-5-10/h1-6H,7-9H2,(H,14,15,16,17). The number of nitrogens with zero attached hydrogens (tertiary/aromatic N) is 4. The molecule has 1 aromatic heterocycles. The first-order valence-electron chi connectivity index (χ1n) is 6.12. The third-order valence-corrected chi connectivity index (χ3v) is 3.18. The predicted molar refractivity (Wildman–Crippen MR) is 69.1 cm³/mol. The molecule has 1 aliphatic heterocycles. The van der Waals surface area contributed by atoms with E-state index in [0.29, 0.717) is 13.1 Å². The third kappa shape index (κ3) is 2.37. The van der Waals surface area contributed by atoms with Crippen molar-refractivity contribution in [3.63, 3.8) is 0 Å². The molecule has 0 bridgehead atoms. The topological polar surface area (TPSA) is 74.8 Å². The summed E-state index contributed by atoms with van der Waals surface area (Å²) in [6.45, 7) is 1.26. The van der Waals surface area contributed by atoms with E-state index in [1.807, 2.05) is 18.2 Å². The number of aromatic nitrogens is 4. The Bertz CT molecular complexity index is 591. The molecule has 0 spiro atoms. The molecule has 1 aromatic carbocycles. The molecule has 0 unspecified atom stereocenters. The molecule has 0 aliphatic carbocycles. The molecule has 0 saturated carbocycles. The fourth-order valence-corrected chi connectivity index (χ4v) is 2.16. The summed E-state index contributed by atoms with van der Waals surface area (Å²) in [6, 6.07) is 10.2. The van der Waals surface area contributed by atoms with Crippen LogP contribution in [0.1, 0.15) is 22.6 Å². The van der Waals surface area contributed by atoms with E-state index in [0.717, 1.165) is 6.42 Å². The number of carbonyl (C=O) groups is 1. The van der Waals surface area contributed by atoms with Crippen LogP contribution in [0.2, 0.25) is 0 Å². The molecule has 0 atom stereocenters. The second kappa shape index (κ2) is 5.01. The molecule has 19 heavy (non-hydrogen) atoms. The zero-order valence-electron chi connectivity index (χ0n) is 10.3. The lowest BCUT2D eigenvalue weighted by molar-refractivity contribution is 0.0760. The second-order valence-electron chi connectivity index (χ2n) is 4.33. The third-order valence-electron chi connectivity index (χ3n) is 3.18. The molecule has 6 heteroatoms. The number of benzene rings is 1. The summed E-state index contributed by atoms with van der Waals surface area (Å²) in [6.07, 6.45) is 2.92. The van der Waals surface area contributed by atoms with Crippen LogP contribution in [0.4, 0.5) is 0 Å². The predicted octanol–water partition coefficient (Wildman–Crippen LogP) is 1.13. The zero-order valence-corrected chi connectivity index (χ0v) is 10.3. The lowest BCUT2D eigenvalue weighted by Gasteiger charge is -2.25. The Hall–Kier alpha value is -2.50. The highest BCUT2D eigenvalue weighted by molar-refractivity contribution is 5.90. The smallest absolute Gasteiger partial charge is 0.295 e. The molecule has 1 N–H and O–H groups in total.